The maximum absolute atomic E-state index is 11.6. The molecule has 0 bridgehead atoms. The summed E-state index contributed by atoms with van der Waals surface area (Å²) in [5.41, 5.74) is 1.67. The zero-order valence-electron chi connectivity index (χ0n) is 9.25. The highest BCUT2D eigenvalue weighted by atomic mass is 79.9. The van der Waals surface area contributed by atoms with Gasteiger partial charge in [-0.25, -0.2) is 4.79 Å². The molecular formula is C12H13BrO3. The van der Waals surface area contributed by atoms with Crippen LogP contribution in [0.3, 0.4) is 0 Å². The third-order valence-corrected chi connectivity index (χ3v) is 2.60. The molecule has 0 saturated heterocycles. The van der Waals surface area contributed by atoms with Crippen molar-refractivity contribution in [3.05, 3.63) is 34.9 Å². The number of hydrogen-bond acceptors (Lipinski definition) is 3. The van der Waals surface area contributed by atoms with Crippen molar-refractivity contribution >= 4 is 27.7 Å². The number of rotatable bonds is 4. The average molecular weight is 285 g/mol. The summed E-state index contributed by atoms with van der Waals surface area (Å²) in [6.07, 6.45) is 0. The predicted molar refractivity (Wildman–Crippen MR) is 65.3 cm³/mol. The predicted octanol–water partition coefficient (Wildman–Crippen LogP) is 2.75. The molecule has 4 heteroatoms. The first-order valence-corrected chi connectivity index (χ1v) is 6.09. The maximum Gasteiger partial charge on any atom is 0.338 e. The Morgan fingerprint density at radius 1 is 1.31 bits per heavy atom. The first kappa shape index (κ1) is 12.9. The average Bonchev–Trinajstić information content (AvgIpc) is 2.28. The van der Waals surface area contributed by atoms with E-state index in [0.717, 1.165) is 5.56 Å². The monoisotopic (exact) mass is 284 g/mol. The van der Waals surface area contributed by atoms with Gasteiger partial charge in [-0.1, -0.05) is 33.6 Å². The van der Waals surface area contributed by atoms with Gasteiger partial charge in [-0.15, -0.1) is 0 Å². The van der Waals surface area contributed by atoms with Crippen molar-refractivity contribution in [1.29, 1.82) is 0 Å². The van der Waals surface area contributed by atoms with E-state index in [-0.39, 0.29) is 11.1 Å². The van der Waals surface area contributed by atoms with E-state index in [4.69, 9.17) is 4.74 Å². The van der Waals surface area contributed by atoms with Gasteiger partial charge in [-0.05, 0) is 19.9 Å². The molecule has 0 atom stereocenters. The number of alkyl halides is 1. The molecule has 1 aromatic carbocycles. The zero-order chi connectivity index (χ0) is 12.1. The number of aryl methyl sites for hydroxylation is 1. The number of carbonyl (C=O) groups is 2. The van der Waals surface area contributed by atoms with Gasteiger partial charge in [-0.2, -0.15) is 0 Å². The summed E-state index contributed by atoms with van der Waals surface area (Å²) in [7, 11) is 0. The lowest BCUT2D eigenvalue weighted by atomic mass is 10.0. The second-order valence-electron chi connectivity index (χ2n) is 3.33. The van der Waals surface area contributed by atoms with Crippen LogP contribution in [-0.4, -0.2) is 23.7 Å². The van der Waals surface area contributed by atoms with Gasteiger partial charge in [0.15, 0.2) is 5.78 Å². The number of Topliss-reactive ketones (excluding diaryl/α,β-unsaturated/α-hetero) is 1. The molecule has 0 aromatic heterocycles. The third-order valence-electron chi connectivity index (χ3n) is 2.09. The molecule has 0 spiro atoms. The van der Waals surface area contributed by atoms with E-state index in [1.54, 1.807) is 25.1 Å². The largest absolute Gasteiger partial charge is 0.462 e. The fourth-order valence-corrected chi connectivity index (χ4v) is 1.65. The van der Waals surface area contributed by atoms with Gasteiger partial charge in [0.2, 0.25) is 0 Å². The van der Waals surface area contributed by atoms with Crippen molar-refractivity contribution in [2.24, 2.45) is 0 Å². The van der Waals surface area contributed by atoms with E-state index >= 15 is 0 Å². The van der Waals surface area contributed by atoms with Gasteiger partial charge in [0.05, 0.1) is 17.5 Å². The van der Waals surface area contributed by atoms with Crippen LogP contribution in [-0.2, 0) is 4.74 Å². The third kappa shape index (κ3) is 2.92. The van der Waals surface area contributed by atoms with Crippen LogP contribution in [0.5, 0.6) is 0 Å². The number of carbonyl (C=O) groups excluding carboxylic acids is 2. The fraction of sp³-hybridized carbons (Fsp3) is 0.333. The van der Waals surface area contributed by atoms with Crippen LogP contribution in [0.15, 0.2) is 18.2 Å². The molecule has 0 aliphatic heterocycles. The number of halogens is 1. The highest BCUT2D eigenvalue weighted by molar-refractivity contribution is 9.09. The Morgan fingerprint density at radius 3 is 2.56 bits per heavy atom. The second-order valence-corrected chi connectivity index (χ2v) is 3.89. The molecule has 1 aromatic rings. The maximum atomic E-state index is 11.6. The van der Waals surface area contributed by atoms with Gasteiger partial charge in [0.25, 0.3) is 0 Å². The SMILES string of the molecule is CCOC(=O)c1cc(C)ccc1C(=O)CBr. The van der Waals surface area contributed by atoms with E-state index in [9.17, 15) is 9.59 Å². The number of esters is 1. The van der Waals surface area contributed by atoms with Crippen LogP contribution in [0.2, 0.25) is 0 Å². The van der Waals surface area contributed by atoms with Crippen molar-refractivity contribution in [3.63, 3.8) is 0 Å². The van der Waals surface area contributed by atoms with Crippen LogP contribution in [0.4, 0.5) is 0 Å². The Labute approximate surface area is 103 Å². The fourth-order valence-electron chi connectivity index (χ4n) is 1.35. The summed E-state index contributed by atoms with van der Waals surface area (Å²) in [6, 6.07) is 5.14. The molecule has 0 fully saturated rings. The van der Waals surface area contributed by atoms with Crippen molar-refractivity contribution in [3.8, 4) is 0 Å². The Kier molecular flexibility index (Phi) is 4.68. The normalized spacial score (nSPS) is 9.94. The Balaban J connectivity index is 3.17. The summed E-state index contributed by atoms with van der Waals surface area (Å²) in [6.45, 7) is 3.90. The molecule has 1 rings (SSSR count). The van der Waals surface area contributed by atoms with Crippen molar-refractivity contribution in [2.75, 3.05) is 11.9 Å². The van der Waals surface area contributed by atoms with Gasteiger partial charge >= 0.3 is 5.97 Å². The lowest BCUT2D eigenvalue weighted by Gasteiger charge is -2.07. The van der Waals surface area contributed by atoms with Crippen LogP contribution >= 0.6 is 15.9 Å². The Hall–Kier alpha value is -1.16. The quantitative estimate of drug-likeness (QED) is 0.485. The minimum absolute atomic E-state index is 0.122. The molecule has 86 valence electrons. The van der Waals surface area contributed by atoms with Gasteiger partial charge in [-0.3, -0.25) is 4.79 Å². The van der Waals surface area contributed by atoms with Crippen molar-refractivity contribution < 1.29 is 14.3 Å². The van der Waals surface area contributed by atoms with E-state index in [0.29, 0.717) is 17.7 Å². The highest BCUT2D eigenvalue weighted by Gasteiger charge is 2.17. The molecule has 0 N–H and O–H groups in total. The molecule has 0 amide bonds. The molecule has 0 unspecified atom stereocenters. The van der Waals surface area contributed by atoms with Crippen LogP contribution in [0.25, 0.3) is 0 Å². The first-order valence-electron chi connectivity index (χ1n) is 4.97. The summed E-state index contributed by atoms with van der Waals surface area (Å²) in [5.74, 6) is -0.571. The van der Waals surface area contributed by atoms with Crippen LogP contribution < -0.4 is 0 Å². The molecular weight excluding hydrogens is 272 g/mol. The topological polar surface area (TPSA) is 43.4 Å². The molecule has 0 radical (unpaired) electrons. The van der Waals surface area contributed by atoms with Gasteiger partial charge in [0.1, 0.15) is 0 Å². The van der Waals surface area contributed by atoms with E-state index in [2.05, 4.69) is 15.9 Å². The van der Waals surface area contributed by atoms with Gasteiger partial charge in [0, 0.05) is 5.56 Å². The van der Waals surface area contributed by atoms with E-state index in [1.165, 1.54) is 0 Å². The minimum Gasteiger partial charge on any atom is -0.462 e. The summed E-state index contributed by atoms with van der Waals surface area (Å²) in [4.78, 5) is 23.2. The highest BCUT2D eigenvalue weighted by Crippen LogP contribution is 2.15. The lowest BCUT2D eigenvalue weighted by Crippen LogP contribution is -2.12. The minimum atomic E-state index is -0.449. The van der Waals surface area contributed by atoms with E-state index < -0.39 is 5.97 Å². The van der Waals surface area contributed by atoms with Crippen molar-refractivity contribution in [1.82, 2.24) is 0 Å². The first-order chi connectivity index (χ1) is 7.60. The molecule has 0 saturated carbocycles. The molecule has 16 heavy (non-hydrogen) atoms. The molecule has 0 aliphatic carbocycles. The second kappa shape index (κ2) is 5.80. The summed E-state index contributed by atoms with van der Waals surface area (Å²) >= 11 is 3.09. The number of hydrogen-bond donors (Lipinski definition) is 0. The number of ether oxygens (including phenoxy) is 1. The number of ketones is 1. The standard InChI is InChI=1S/C12H13BrO3/c1-3-16-12(15)10-6-8(2)4-5-9(10)11(14)7-13/h4-6H,3,7H2,1-2H3. The zero-order valence-corrected chi connectivity index (χ0v) is 10.8. The van der Waals surface area contributed by atoms with Crippen LogP contribution in [0.1, 0.15) is 33.2 Å². The van der Waals surface area contributed by atoms with Crippen LogP contribution in [0, 0.1) is 6.92 Å². The molecule has 3 nitrogen and oxygen atoms in total. The van der Waals surface area contributed by atoms with Gasteiger partial charge < -0.3 is 4.74 Å². The number of benzene rings is 1. The van der Waals surface area contributed by atoms with E-state index in [1.807, 2.05) is 6.92 Å². The Bertz CT molecular complexity index is 413. The lowest BCUT2D eigenvalue weighted by molar-refractivity contribution is 0.0523. The summed E-state index contributed by atoms with van der Waals surface area (Å²) in [5, 5.41) is 0.197. The Morgan fingerprint density at radius 2 is 2.00 bits per heavy atom. The van der Waals surface area contributed by atoms with Crippen molar-refractivity contribution in [2.45, 2.75) is 13.8 Å². The smallest absolute Gasteiger partial charge is 0.338 e. The molecule has 0 aliphatic rings. The molecule has 0 heterocycles. The summed E-state index contributed by atoms with van der Waals surface area (Å²) < 4.78 is 4.91.